The lowest BCUT2D eigenvalue weighted by Crippen LogP contribution is -1.79. The lowest BCUT2D eigenvalue weighted by Gasteiger charge is -1.94. The molecule has 70 valence electrons. The summed E-state index contributed by atoms with van der Waals surface area (Å²) in [6, 6.07) is 6.28. The zero-order chi connectivity index (χ0) is 9.54. The fourth-order valence-corrected chi connectivity index (χ4v) is 2.78. The molecule has 2 heterocycles. The molecule has 0 fully saturated rings. The van der Waals surface area contributed by atoms with Crippen LogP contribution in [0.5, 0.6) is 0 Å². The predicted octanol–water partition coefficient (Wildman–Crippen LogP) is 3.29. The average Bonchev–Trinajstić information content (AvgIpc) is 2.75. The third kappa shape index (κ3) is 1.06. The van der Waals surface area contributed by atoms with E-state index in [1.54, 1.807) is 11.3 Å². The van der Waals surface area contributed by atoms with Gasteiger partial charge in [-0.05, 0) is 17.7 Å². The highest BCUT2D eigenvalue weighted by molar-refractivity contribution is 7.23. The van der Waals surface area contributed by atoms with Gasteiger partial charge in [-0.25, -0.2) is 4.98 Å². The molecule has 14 heavy (non-hydrogen) atoms. The molecule has 4 heteroatoms. The minimum atomic E-state index is 0.566. The summed E-state index contributed by atoms with van der Waals surface area (Å²) in [5, 5.41) is 0. The van der Waals surface area contributed by atoms with Crippen molar-refractivity contribution in [1.82, 2.24) is 9.38 Å². The number of rotatable bonds is 1. The molecule has 0 unspecified atom stereocenters. The van der Waals surface area contributed by atoms with Crippen LogP contribution in [0.15, 0.2) is 30.6 Å². The van der Waals surface area contributed by atoms with E-state index < -0.39 is 0 Å². The highest BCUT2D eigenvalue weighted by Gasteiger charge is 2.04. The van der Waals surface area contributed by atoms with E-state index in [1.165, 1.54) is 10.2 Å². The largest absolute Gasteiger partial charge is 0.290 e. The van der Waals surface area contributed by atoms with Gasteiger partial charge >= 0.3 is 0 Å². The second-order valence-corrected chi connectivity index (χ2v) is 4.39. The molecule has 0 saturated heterocycles. The van der Waals surface area contributed by atoms with Gasteiger partial charge in [-0.3, -0.25) is 4.40 Å². The van der Waals surface area contributed by atoms with Crippen molar-refractivity contribution in [3.05, 3.63) is 36.2 Å². The van der Waals surface area contributed by atoms with Gasteiger partial charge in [0.1, 0.15) is 0 Å². The van der Waals surface area contributed by atoms with E-state index >= 15 is 0 Å². The van der Waals surface area contributed by atoms with Crippen molar-refractivity contribution in [3.63, 3.8) is 0 Å². The van der Waals surface area contributed by atoms with Crippen LogP contribution in [0, 0.1) is 0 Å². The number of aromatic nitrogens is 2. The quantitative estimate of drug-likeness (QED) is 0.578. The van der Waals surface area contributed by atoms with Crippen molar-refractivity contribution >= 4 is 38.1 Å². The number of halogens is 1. The Kier molecular flexibility index (Phi) is 1.75. The molecule has 0 saturated carbocycles. The van der Waals surface area contributed by atoms with E-state index in [2.05, 4.69) is 27.6 Å². The van der Waals surface area contributed by atoms with Crippen LogP contribution in [-0.2, 0) is 5.88 Å². The van der Waals surface area contributed by atoms with E-state index in [9.17, 15) is 0 Å². The first-order valence-electron chi connectivity index (χ1n) is 4.29. The van der Waals surface area contributed by atoms with E-state index in [0.717, 1.165) is 10.5 Å². The smallest absolute Gasteiger partial charge is 0.194 e. The third-order valence-corrected chi connectivity index (χ3v) is 3.59. The van der Waals surface area contributed by atoms with E-state index in [1.807, 2.05) is 12.4 Å². The van der Waals surface area contributed by atoms with Crippen molar-refractivity contribution in [2.75, 3.05) is 0 Å². The second-order valence-electron chi connectivity index (χ2n) is 3.12. The molecule has 0 amide bonds. The molecule has 1 aromatic carbocycles. The Labute approximate surface area is 89.8 Å². The van der Waals surface area contributed by atoms with Crippen LogP contribution in [0.1, 0.15) is 5.56 Å². The topological polar surface area (TPSA) is 17.3 Å². The Morgan fingerprint density at radius 3 is 3.21 bits per heavy atom. The first-order valence-corrected chi connectivity index (χ1v) is 5.64. The van der Waals surface area contributed by atoms with Gasteiger partial charge in [0.2, 0.25) is 0 Å². The number of hydrogen-bond donors (Lipinski definition) is 0. The van der Waals surface area contributed by atoms with Gasteiger partial charge in [-0.2, -0.15) is 0 Å². The summed E-state index contributed by atoms with van der Waals surface area (Å²) in [5.41, 5.74) is 2.36. The fraction of sp³-hybridized carbons (Fsp3) is 0.100. The van der Waals surface area contributed by atoms with Crippen molar-refractivity contribution in [2.24, 2.45) is 0 Å². The third-order valence-electron chi connectivity index (χ3n) is 2.25. The molecule has 2 aromatic heterocycles. The maximum Gasteiger partial charge on any atom is 0.194 e. The fourth-order valence-electron chi connectivity index (χ4n) is 1.57. The Balaban J connectivity index is 2.43. The molecule has 0 aliphatic carbocycles. The summed E-state index contributed by atoms with van der Waals surface area (Å²) >= 11 is 7.47. The molecule has 0 bridgehead atoms. The first kappa shape index (κ1) is 8.26. The van der Waals surface area contributed by atoms with E-state index in [-0.39, 0.29) is 0 Å². The van der Waals surface area contributed by atoms with Crippen LogP contribution in [0.2, 0.25) is 0 Å². The van der Waals surface area contributed by atoms with Gasteiger partial charge in [0.05, 0.1) is 10.2 Å². The van der Waals surface area contributed by atoms with Gasteiger partial charge in [0.15, 0.2) is 4.96 Å². The average molecular weight is 223 g/mol. The lowest BCUT2D eigenvalue weighted by atomic mass is 10.2. The Hall–Kier alpha value is -1.06. The van der Waals surface area contributed by atoms with Gasteiger partial charge in [0.25, 0.3) is 0 Å². The van der Waals surface area contributed by atoms with E-state index in [0.29, 0.717) is 5.88 Å². The molecule has 3 rings (SSSR count). The van der Waals surface area contributed by atoms with Crippen LogP contribution in [0.25, 0.3) is 15.2 Å². The van der Waals surface area contributed by atoms with Crippen LogP contribution < -0.4 is 0 Å². The van der Waals surface area contributed by atoms with Crippen molar-refractivity contribution < 1.29 is 0 Å². The second kappa shape index (κ2) is 2.97. The highest BCUT2D eigenvalue weighted by atomic mass is 35.5. The van der Waals surface area contributed by atoms with Crippen molar-refractivity contribution in [1.29, 1.82) is 0 Å². The number of fused-ring (bicyclic) bond motifs is 3. The van der Waals surface area contributed by atoms with Crippen LogP contribution in [-0.4, -0.2) is 9.38 Å². The Morgan fingerprint density at radius 1 is 1.43 bits per heavy atom. The van der Waals surface area contributed by atoms with Crippen LogP contribution in [0.4, 0.5) is 0 Å². The summed E-state index contributed by atoms with van der Waals surface area (Å²) in [4.78, 5) is 5.29. The number of alkyl halides is 1. The summed E-state index contributed by atoms with van der Waals surface area (Å²) in [6.07, 6.45) is 3.80. The van der Waals surface area contributed by atoms with Gasteiger partial charge < -0.3 is 0 Å². The zero-order valence-electron chi connectivity index (χ0n) is 7.27. The van der Waals surface area contributed by atoms with Crippen LogP contribution >= 0.6 is 22.9 Å². The zero-order valence-corrected chi connectivity index (χ0v) is 8.85. The molecule has 0 N–H and O–H groups in total. The number of hydrogen-bond acceptors (Lipinski definition) is 2. The Bertz CT molecular complexity index is 596. The molecule has 0 aliphatic heterocycles. The number of benzene rings is 1. The molecule has 0 radical (unpaired) electrons. The first-order chi connectivity index (χ1) is 6.88. The summed E-state index contributed by atoms with van der Waals surface area (Å²) in [7, 11) is 0. The summed E-state index contributed by atoms with van der Waals surface area (Å²) < 4.78 is 3.34. The van der Waals surface area contributed by atoms with Gasteiger partial charge in [0, 0.05) is 18.3 Å². The molecular formula is C10H7ClN2S. The predicted molar refractivity (Wildman–Crippen MR) is 60.1 cm³/mol. The number of thiazole rings is 1. The van der Waals surface area contributed by atoms with Gasteiger partial charge in [-0.15, -0.1) is 11.6 Å². The SMILES string of the molecule is ClCc1ccc2c(c1)sc1nccn12. The van der Waals surface area contributed by atoms with Crippen molar-refractivity contribution in [2.45, 2.75) is 5.88 Å². The standard InChI is InChI=1S/C10H7ClN2S/c11-6-7-1-2-8-9(5-7)14-10-12-3-4-13(8)10/h1-5H,6H2. The number of imidazole rings is 1. The maximum absolute atomic E-state index is 5.78. The molecule has 3 aromatic rings. The molecule has 0 atom stereocenters. The minimum absolute atomic E-state index is 0.566. The molecule has 2 nitrogen and oxygen atoms in total. The summed E-state index contributed by atoms with van der Waals surface area (Å²) in [5.74, 6) is 0.566. The van der Waals surface area contributed by atoms with Crippen LogP contribution in [0.3, 0.4) is 0 Å². The molecular weight excluding hydrogens is 216 g/mol. The normalized spacial score (nSPS) is 11.5. The van der Waals surface area contributed by atoms with Gasteiger partial charge in [-0.1, -0.05) is 17.4 Å². The monoisotopic (exact) mass is 222 g/mol. The number of nitrogens with zero attached hydrogens (tertiary/aromatic N) is 2. The highest BCUT2D eigenvalue weighted by Crippen LogP contribution is 2.26. The Morgan fingerprint density at radius 2 is 2.36 bits per heavy atom. The van der Waals surface area contributed by atoms with Crippen molar-refractivity contribution in [3.8, 4) is 0 Å². The maximum atomic E-state index is 5.78. The molecule has 0 aliphatic rings. The lowest BCUT2D eigenvalue weighted by molar-refractivity contribution is 1.29. The minimum Gasteiger partial charge on any atom is -0.290 e. The van der Waals surface area contributed by atoms with E-state index in [4.69, 9.17) is 11.6 Å². The summed E-state index contributed by atoms with van der Waals surface area (Å²) in [6.45, 7) is 0. The molecule has 0 spiro atoms.